The highest BCUT2D eigenvalue weighted by molar-refractivity contribution is 6.63. The van der Waals surface area contributed by atoms with E-state index in [1.807, 2.05) is 0 Å². The van der Waals surface area contributed by atoms with Gasteiger partial charge in [0.2, 0.25) is 0 Å². The van der Waals surface area contributed by atoms with Crippen molar-refractivity contribution in [3.05, 3.63) is 28.5 Å². The summed E-state index contributed by atoms with van der Waals surface area (Å²) in [4.78, 5) is 10.5. The van der Waals surface area contributed by atoms with E-state index in [-0.39, 0.29) is 5.02 Å². The van der Waals surface area contributed by atoms with Gasteiger partial charge in [-0.2, -0.15) is 0 Å². The number of carbonyl (C=O) groups is 1. The Hall–Kier alpha value is -1.11. The van der Waals surface area contributed by atoms with Crippen LogP contribution in [0.5, 0.6) is 0 Å². The molecule has 0 unspecified atom stereocenters. The minimum atomic E-state index is -2.14. The van der Waals surface area contributed by atoms with Gasteiger partial charge in [-0.3, -0.25) is 0 Å². The molecule has 0 spiro atoms. The molecule has 0 amide bonds. The molecule has 1 aromatic rings. The van der Waals surface area contributed by atoms with Gasteiger partial charge in [0.25, 0.3) is 0 Å². The second kappa shape index (κ2) is 3.95. The number of carboxylic acids is 1. The molecule has 0 fully saturated rings. The zero-order valence-corrected chi connectivity index (χ0v) is 7.49. The molecule has 0 aromatic heterocycles. The highest BCUT2D eigenvalue weighted by Crippen LogP contribution is 2.13. The van der Waals surface area contributed by atoms with E-state index in [0.717, 1.165) is 12.1 Å². The van der Waals surface area contributed by atoms with E-state index in [1.165, 1.54) is 0 Å². The summed E-state index contributed by atoms with van der Waals surface area (Å²) in [6.45, 7) is 0. The molecule has 1 aromatic carbocycles. The van der Waals surface area contributed by atoms with Gasteiger partial charge in [0.1, 0.15) is 5.82 Å². The molecule has 0 heterocycles. The highest BCUT2D eigenvalue weighted by Gasteiger charge is 2.24. The van der Waals surface area contributed by atoms with Crippen LogP contribution in [0, 0.1) is 5.82 Å². The number of benzene rings is 1. The minimum absolute atomic E-state index is 0.234. The fourth-order valence-corrected chi connectivity index (χ4v) is 1.21. The Balaban J connectivity index is 3.41. The number of halogens is 2. The number of aromatic carboxylic acids is 1. The molecule has 0 atom stereocenters. The summed E-state index contributed by atoms with van der Waals surface area (Å²) in [5.74, 6) is -2.74. The maximum Gasteiger partial charge on any atom is 0.493 e. The van der Waals surface area contributed by atoms with Crippen molar-refractivity contribution >= 4 is 30.2 Å². The number of hydrogen-bond donors (Lipinski definition) is 3. The largest absolute Gasteiger partial charge is 0.493 e. The van der Waals surface area contributed by atoms with Crippen LogP contribution in [0.4, 0.5) is 4.39 Å². The Kier molecular flexibility index (Phi) is 3.10. The molecular formula is C7H5BClFO4. The third-order valence-corrected chi connectivity index (χ3v) is 1.94. The van der Waals surface area contributed by atoms with Gasteiger partial charge in [0, 0.05) is 10.5 Å². The molecule has 3 N–H and O–H groups in total. The molecule has 0 radical (unpaired) electrons. The first-order valence-electron chi connectivity index (χ1n) is 3.52. The van der Waals surface area contributed by atoms with Crippen molar-refractivity contribution in [1.82, 2.24) is 0 Å². The molecular weight excluding hydrogens is 213 g/mol. The lowest BCUT2D eigenvalue weighted by atomic mass is 9.79. The van der Waals surface area contributed by atoms with Gasteiger partial charge in [-0.15, -0.1) is 0 Å². The Morgan fingerprint density at radius 3 is 2.43 bits per heavy atom. The van der Waals surface area contributed by atoms with Gasteiger partial charge >= 0.3 is 13.1 Å². The third-order valence-electron chi connectivity index (χ3n) is 1.62. The first-order chi connectivity index (χ1) is 6.45. The number of hydrogen-bond acceptors (Lipinski definition) is 3. The van der Waals surface area contributed by atoms with Crippen molar-refractivity contribution in [2.24, 2.45) is 0 Å². The van der Waals surface area contributed by atoms with Crippen molar-refractivity contribution < 1.29 is 24.3 Å². The maximum atomic E-state index is 13.2. The molecule has 1 rings (SSSR count). The molecule has 0 saturated carbocycles. The van der Waals surface area contributed by atoms with Gasteiger partial charge < -0.3 is 15.2 Å². The van der Waals surface area contributed by atoms with E-state index in [9.17, 15) is 9.18 Å². The van der Waals surface area contributed by atoms with E-state index >= 15 is 0 Å². The first-order valence-corrected chi connectivity index (χ1v) is 3.90. The zero-order chi connectivity index (χ0) is 10.9. The topological polar surface area (TPSA) is 77.8 Å². The Morgan fingerprint density at radius 1 is 1.43 bits per heavy atom. The van der Waals surface area contributed by atoms with E-state index in [1.54, 1.807) is 0 Å². The molecule has 7 heteroatoms. The van der Waals surface area contributed by atoms with E-state index < -0.39 is 29.9 Å². The second-order valence-electron chi connectivity index (χ2n) is 2.50. The van der Waals surface area contributed by atoms with Crippen molar-refractivity contribution in [3.63, 3.8) is 0 Å². The van der Waals surface area contributed by atoms with Crippen molar-refractivity contribution in [1.29, 1.82) is 0 Å². The predicted molar refractivity (Wildman–Crippen MR) is 48.2 cm³/mol. The average Bonchev–Trinajstić information content (AvgIpc) is 2.02. The lowest BCUT2D eigenvalue weighted by Gasteiger charge is -2.06. The lowest BCUT2D eigenvalue weighted by Crippen LogP contribution is -2.35. The lowest BCUT2D eigenvalue weighted by molar-refractivity contribution is 0.0692. The normalized spacial score (nSPS) is 10.0. The van der Waals surface area contributed by atoms with Crippen molar-refractivity contribution in [2.75, 3.05) is 0 Å². The molecule has 4 nitrogen and oxygen atoms in total. The molecule has 74 valence electrons. The van der Waals surface area contributed by atoms with Crippen LogP contribution in [0.2, 0.25) is 5.02 Å². The van der Waals surface area contributed by atoms with Crippen LogP contribution in [0.25, 0.3) is 0 Å². The van der Waals surface area contributed by atoms with Gasteiger partial charge in [0.15, 0.2) is 0 Å². The second-order valence-corrected chi connectivity index (χ2v) is 2.91. The summed E-state index contributed by atoms with van der Waals surface area (Å²) in [5.41, 5.74) is -1.29. The molecule has 0 saturated heterocycles. The van der Waals surface area contributed by atoms with Gasteiger partial charge in [0.05, 0.1) is 5.56 Å². The zero-order valence-electron chi connectivity index (χ0n) is 6.74. The summed E-state index contributed by atoms with van der Waals surface area (Å²) >= 11 is 5.45. The summed E-state index contributed by atoms with van der Waals surface area (Å²) < 4.78 is 13.2. The summed E-state index contributed by atoms with van der Waals surface area (Å²) in [5, 5.41) is 25.7. The number of carboxylic acid groups (broad SMARTS) is 1. The van der Waals surface area contributed by atoms with Crippen LogP contribution in [0.15, 0.2) is 12.1 Å². The van der Waals surface area contributed by atoms with Crippen LogP contribution >= 0.6 is 11.6 Å². The fraction of sp³-hybridized carbons (Fsp3) is 0. The fourth-order valence-electron chi connectivity index (χ4n) is 0.971. The van der Waals surface area contributed by atoms with Crippen LogP contribution in [-0.4, -0.2) is 28.2 Å². The van der Waals surface area contributed by atoms with Crippen LogP contribution < -0.4 is 5.46 Å². The van der Waals surface area contributed by atoms with Crippen molar-refractivity contribution in [3.8, 4) is 0 Å². The van der Waals surface area contributed by atoms with Gasteiger partial charge in [-0.1, -0.05) is 11.6 Å². The minimum Gasteiger partial charge on any atom is -0.478 e. The monoisotopic (exact) mass is 218 g/mol. The standard InChI is InChI=1S/C7H5BClFO4/c9-4-2-1-3(7(11)12)6(10)5(4)8(13)14/h1-2,13-14H,(H,11,12). The molecule has 0 aliphatic rings. The van der Waals surface area contributed by atoms with E-state index in [4.69, 9.17) is 26.8 Å². The smallest absolute Gasteiger partial charge is 0.478 e. The van der Waals surface area contributed by atoms with Gasteiger partial charge in [-0.05, 0) is 12.1 Å². The van der Waals surface area contributed by atoms with Crippen molar-refractivity contribution in [2.45, 2.75) is 0 Å². The van der Waals surface area contributed by atoms with E-state index in [2.05, 4.69) is 0 Å². The predicted octanol–water partition coefficient (Wildman–Crippen LogP) is -0.143. The average molecular weight is 218 g/mol. The van der Waals surface area contributed by atoms with Crippen LogP contribution in [-0.2, 0) is 0 Å². The van der Waals surface area contributed by atoms with E-state index in [0.29, 0.717) is 0 Å². The molecule has 0 aliphatic carbocycles. The Morgan fingerprint density at radius 2 is 2.00 bits per heavy atom. The highest BCUT2D eigenvalue weighted by atomic mass is 35.5. The van der Waals surface area contributed by atoms with Gasteiger partial charge in [-0.25, -0.2) is 9.18 Å². The third kappa shape index (κ3) is 1.87. The van der Waals surface area contributed by atoms with Crippen LogP contribution in [0.3, 0.4) is 0 Å². The Labute approximate surface area is 83.7 Å². The molecule has 0 aliphatic heterocycles. The molecule has 14 heavy (non-hydrogen) atoms. The summed E-state index contributed by atoms with van der Waals surface area (Å²) in [6.07, 6.45) is 0. The molecule has 0 bridgehead atoms. The van der Waals surface area contributed by atoms with Crippen LogP contribution in [0.1, 0.15) is 10.4 Å². The quantitative estimate of drug-likeness (QED) is 0.604. The maximum absolute atomic E-state index is 13.2. The Bertz CT molecular complexity index is 382. The summed E-state index contributed by atoms with van der Waals surface area (Å²) in [7, 11) is -2.14. The SMILES string of the molecule is O=C(O)c1ccc(Cl)c(B(O)O)c1F. The first kappa shape index (κ1) is 11.0. The number of rotatable bonds is 2. The summed E-state index contributed by atoms with van der Waals surface area (Å²) in [6, 6.07) is 2.04.